The quantitative estimate of drug-likeness (QED) is 0.180. The lowest BCUT2D eigenvalue weighted by Crippen LogP contribution is -2.18. The minimum atomic E-state index is -0.551. The molecule has 174 valence electrons. The second kappa shape index (κ2) is 20.7. The zero-order valence-electron chi connectivity index (χ0n) is 20.5. The number of carbonyl (C=O) groups is 1. The van der Waals surface area contributed by atoms with Crippen molar-refractivity contribution >= 4 is 5.97 Å². The van der Waals surface area contributed by atoms with Crippen molar-refractivity contribution in [2.24, 2.45) is 17.8 Å². The maximum absolute atomic E-state index is 11.8. The molecule has 0 heterocycles. The van der Waals surface area contributed by atoms with E-state index in [9.17, 15) is 9.90 Å². The molecule has 0 fully saturated rings. The van der Waals surface area contributed by atoms with E-state index >= 15 is 0 Å². The molecule has 0 radical (unpaired) electrons. The Kier molecular flexibility index (Phi) is 20.4. The standard InChI is InChI=1S/C27H54O2/c1-5-7-9-17-21-25(20-8-6-2)23-26(27(28)29)22-18-15-13-11-10-12-14-16-19-24(3)4/h24-26H,5-23H2,1-4H3,(H,28,29). The number of unbranched alkanes of at least 4 members (excludes halogenated alkanes) is 11. The Morgan fingerprint density at radius 1 is 0.621 bits per heavy atom. The average molecular weight is 411 g/mol. The van der Waals surface area contributed by atoms with Crippen molar-refractivity contribution < 1.29 is 9.90 Å². The molecule has 0 amide bonds. The van der Waals surface area contributed by atoms with Gasteiger partial charge in [-0.15, -0.1) is 0 Å². The van der Waals surface area contributed by atoms with Crippen molar-refractivity contribution in [2.75, 3.05) is 0 Å². The van der Waals surface area contributed by atoms with E-state index in [0.717, 1.165) is 25.2 Å². The summed E-state index contributed by atoms with van der Waals surface area (Å²) in [5.41, 5.74) is 0. The summed E-state index contributed by atoms with van der Waals surface area (Å²) in [6.45, 7) is 9.11. The summed E-state index contributed by atoms with van der Waals surface area (Å²) in [7, 11) is 0. The lowest BCUT2D eigenvalue weighted by atomic mass is 9.84. The molecule has 0 saturated carbocycles. The van der Waals surface area contributed by atoms with Crippen LogP contribution < -0.4 is 0 Å². The zero-order chi connectivity index (χ0) is 21.7. The third kappa shape index (κ3) is 19.2. The van der Waals surface area contributed by atoms with Crippen LogP contribution in [0.4, 0.5) is 0 Å². The van der Waals surface area contributed by atoms with Gasteiger partial charge in [-0.25, -0.2) is 0 Å². The second-order valence-corrected chi connectivity index (χ2v) is 9.93. The molecule has 0 saturated heterocycles. The molecule has 2 nitrogen and oxygen atoms in total. The summed E-state index contributed by atoms with van der Waals surface area (Å²) in [5.74, 6) is 0.804. The van der Waals surface area contributed by atoms with E-state index in [4.69, 9.17) is 0 Å². The van der Waals surface area contributed by atoms with Gasteiger partial charge in [0.2, 0.25) is 0 Å². The van der Waals surface area contributed by atoms with Gasteiger partial charge < -0.3 is 5.11 Å². The first-order chi connectivity index (χ1) is 14.0. The van der Waals surface area contributed by atoms with Crippen LogP contribution in [0, 0.1) is 17.8 Å². The van der Waals surface area contributed by atoms with Crippen LogP contribution in [0.25, 0.3) is 0 Å². The molecule has 2 unspecified atom stereocenters. The topological polar surface area (TPSA) is 37.3 Å². The van der Waals surface area contributed by atoms with E-state index in [1.54, 1.807) is 0 Å². The summed E-state index contributed by atoms with van der Waals surface area (Å²) in [4.78, 5) is 11.8. The molecule has 0 spiro atoms. The first kappa shape index (κ1) is 28.5. The Morgan fingerprint density at radius 2 is 1.07 bits per heavy atom. The zero-order valence-corrected chi connectivity index (χ0v) is 20.5. The van der Waals surface area contributed by atoms with Crippen LogP contribution in [-0.4, -0.2) is 11.1 Å². The third-order valence-corrected chi connectivity index (χ3v) is 6.48. The number of carboxylic acids is 1. The first-order valence-corrected chi connectivity index (χ1v) is 13.2. The highest BCUT2D eigenvalue weighted by atomic mass is 16.4. The van der Waals surface area contributed by atoms with Crippen LogP contribution in [0.1, 0.15) is 150 Å². The van der Waals surface area contributed by atoms with Gasteiger partial charge in [0.1, 0.15) is 0 Å². The molecule has 1 N–H and O–H groups in total. The Morgan fingerprint density at radius 3 is 1.59 bits per heavy atom. The van der Waals surface area contributed by atoms with Gasteiger partial charge in [-0.2, -0.15) is 0 Å². The van der Waals surface area contributed by atoms with Crippen LogP contribution in [0.15, 0.2) is 0 Å². The maximum Gasteiger partial charge on any atom is 0.306 e. The minimum absolute atomic E-state index is 0.112. The van der Waals surface area contributed by atoms with Gasteiger partial charge in [0.25, 0.3) is 0 Å². The predicted molar refractivity (Wildman–Crippen MR) is 129 cm³/mol. The van der Waals surface area contributed by atoms with Crippen LogP contribution in [0.2, 0.25) is 0 Å². The predicted octanol–water partition coefficient (Wildman–Crippen LogP) is 9.41. The van der Waals surface area contributed by atoms with Gasteiger partial charge in [0, 0.05) is 0 Å². The molecule has 0 aromatic rings. The smallest absolute Gasteiger partial charge is 0.306 e. The Bertz CT molecular complexity index is 350. The first-order valence-electron chi connectivity index (χ1n) is 13.2. The highest BCUT2D eigenvalue weighted by Crippen LogP contribution is 2.27. The van der Waals surface area contributed by atoms with E-state index in [2.05, 4.69) is 27.7 Å². The van der Waals surface area contributed by atoms with E-state index in [1.807, 2.05) is 0 Å². The molecule has 0 aliphatic rings. The van der Waals surface area contributed by atoms with Gasteiger partial charge in [0.05, 0.1) is 5.92 Å². The monoisotopic (exact) mass is 410 g/mol. The fraction of sp³-hybridized carbons (Fsp3) is 0.963. The molecule has 0 rings (SSSR count). The van der Waals surface area contributed by atoms with Crippen LogP contribution in [0.3, 0.4) is 0 Å². The summed E-state index contributed by atoms with van der Waals surface area (Å²) in [5, 5.41) is 9.72. The second-order valence-electron chi connectivity index (χ2n) is 9.93. The molecule has 2 heteroatoms. The Balaban J connectivity index is 3.98. The molecular weight excluding hydrogens is 356 g/mol. The molecule has 0 aliphatic heterocycles. The van der Waals surface area contributed by atoms with Crippen molar-refractivity contribution in [3.63, 3.8) is 0 Å². The van der Waals surface area contributed by atoms with Crippen molar-refractivity contribution in [1.29, 1.82) is 0 Å². The van der Waals surface area contributed by atoms with E-state index in [1.165, 1.54) is 103 Å². The number of aliphatic carboxylic acids is 1. The van der Waals surface area contributed by atoms with Gasteiger partial charge in [-0.3, -0.25) is 4.79 Å². The minimum Gasteiger partial charge on any atom is -0.481 e. The van der Waals surface area contributed by atoms with Gasteiger partial charge >= 0.3 is 5.97 Å². The summed E-state index contributed by atoms with van der Waals surface area (Å²) >= 11 is 0. The van der Waals surface area contributed by atoms with E-state index in [0.29, 0.717) is 5.92 Å². The van der Waals surface area contributed by atoms with Crippen LogP contribution in [0.5, 0.6) is 0 Å². The van der Waals surface area contributed by atoms with Crippen molar-refractivity contribution in [1.82, 2.24) is 0 Å². The number of hydrogen-bond donors (Lipinski definition) is 1. The van der Waals surface area contributed by atoms with E-state index < -0.39 is 5.97 Å². The van der Waals surface area contributed by atoms with Crippen LogP contribution >= 0.6 is 0 Å². The van der Waals surface area contributed by atoms with Gasteiger partial charge in [-0.1, -0.05) is 137 Å². The highest BCUT2D eigenvalue weighted by molar-refractivity contribution is 5.69. The Hall–Kier alpha value is -0.530. The van der Waals surface area contributed by atoms with Crippen molar-refractivity contribution in [3.8, 4) is 0 Å². The molecule has 29 heavy (non-hydrogen) atoms. The largest absolute Gasteiger partial charge is 0.481 e. The molecular formula is C27H54O2. The lowest BCUT2D eigenvalue weighted by Gasteiger charge is -2.21. The summed E-state index contributed by atoms with van der Waals surface area (Å²) in [6, 6.07) is 0. The van der Waals surface area contributed by atoms with Gasteiger partial charge in [-0.05, 0) is 24.7 Å². The fourth-order valence-corrected chi connectivity index (χ4v) is 4.48. The molecule has 0 aromatic carbocycles. The molecule has 0 aliphatic carbocycles. The maximum atomic E-state index is 11.8. The number of carboxylic acid groups (broad SMARTS) is 1. The Labute approximate surface area is 183 Å². The number of rotatable bonds is 22. The highest BCUT2D eigenvalue weighted by Gasteiger charge is 2.21. The lowest BCUT2D eigenvalue weighted by molar-refractivity contribution is -0.142. The van der Waals surface area contributed by atoms with Crippen molar-refractivity contribution in [2.45, 2.75) is 150 Å². The molecule has 0 aromatic heterocycles. The summed E-state index contributed by atoms with van der Waals surface area (Å²) < 4.78 is 0. The fourth-order valence-electron chi connectivity index (χ4n) is 4.48. The number of hydrogen-bond acceptors (Lipinski definition) is 1. The van der Waals surface area contributed by atoms with Crippen molar-refractivity contribution in [3.05, 3.63) is 0 Å². The third-order valence-electron chi connectivity index (χ3n) is 6.48. The molecule has 0 bridgehead atoms. The van der Waals surface area contributed by atoms with E-state index in [-0.39, 0.29) is 5.92 Å². The SMILES string of the molecule is CCCCCCC(CCCC)CC(CCCCCCCCCCC(C)C)C(=O)O. The molecule has 2 atom stereocenters. The summed E-state index contributed by atoms with van der Waals surface area (Å²) in [6.07, 6.45) is 23.7. The van der Waals surface area contributed by atoms with Crippen LogP contribution in [-0.2, 0) is 4.79 Å². The normalized spacial score (nSPS) is 13.7. The van der Waals surface area contributed by atoms with Gasteiger partial charge in [0.15, 0.2) is 0 Å². The average Bonchev–Trinajstić information content (AvgIpc) is 2.68.